The number of hydrogen-bond acceptors (Lipinski definition) is 4. The molecule has 0 unspecified atom stereocenters. The van der Waals surface area contributed by atoms with Crippen LogP contribution in [-0.2, 0) is 13.3 Å². The highest BCUT2D eigenvalue weighted by molar-refractivity contribution is 6.60. The first-order valence-electron chi connectivity index (χ1n) is 14.6. The molecule has 0 amide bonds. The summed E-state index contributed by atoms with van der Waals surface area (Å²) in [5.41, 5.74) is 5.53. The fourth-order valence-corrected chi connectivity index (χ4v) is 6.55. The van der Waals surface area contributed by atoms with Crippen molar-refractivity contribution in [1.29, 1.82) is 0 Å². The number of nitrogens with two attached hydrogens (primary N) is 1. The van der Waals surface area contributed by atoms with Crippen molar-refractivity contribution in [3.8, 4) is 0 Å². The van der Waals surface area contributed by atoms with Gasteiger partial charge in [0.2, 0.25) is 0 Å². The summed E-state index contributed by atoms with van der Waals surface area (Å²) in [4.78, 5) is 0. The Labute approximate surface area is 209 Å². The summed E-state index contributed by atoms with van der Waals surface area (Å²) in [7, 11) is 2.78. The standard InChI is InChI=1S/C28H61NO3Si/c1-30-33(31-2,32-3)28-26-24-22-20-18-16-14-12-10-8-6-4-5-7-9-11-13-15-17-19-21-23-25-27-29/h4-29H2,1-3H3. The van der Waals surface area contributed by atoms with E-state index in [0.717, 1.165) is 19.0 Å². The summed E-state index contributed by atoms with van der Waals surface area (Å²) in [6.07, 6.45) is 32.1. The average Bonchev–Trinajstić information content (AvgIpc) is 2.84. The minimum atomic E-state index is -2.34. The minimum absolute atomic E-state index is 0.866. The van der Waals surface area contributed by atoms with Gasteiger partial charge in [-0.25, -0.2) is 0 Å². The normalized spacial score (nSPS) is 12.0. The summed E-state index contributed by atoms with van der Waals surface area (Å²) in [5.74, 6) is 0. The first-order chi connectivity index (χ1) is 16.2. The fourth-order valence-electron chi connectivity index (χ4n) is 4.75. The van der Waals surface area contributed by atoms with Crippen molar-refractivity contribution in [3.63, 3.8) is 0 Å². The van der Waals surface area contributed by atoms with E-state index in [1.165, 1.54) is 141 Å². The number of rotatable bonds is 28. The van der Waals surface area contributed by atoms with E-state index in [9.17, 15) is 0 Å². The predicted molar refractivity (Wildman–Crippen MR) is 147 cm³/mol. The van der Waals surface area contributed by atoms with Crippen LogP contribution in [0.5, 0.6) is 0 Å². The van der Waals surface area contributed by atoms with Crippen LogP contribution in [0.3, 0.4) is 0 Å². The van der Waals surface area contributed by atoms with E-state index < -0.39 is 8.80 Å². The Morgan fingerprint density at radius 3 is 0.788 bits per heavy atom. The van der Waals surface area contributed by atoms with Crippen LogP contribution in [0.1, 0.15) is 148 Å². The second-order valence-electron chi connectivity index (χ2n) is 9.97. The second kappa shape index (κ2) is 26.7. The lowest BCUT2D eigenvalue weighted by molar-refractivity contribution is 0.122. The molecule has 0 heterocycles. The Morgan fingerprint density at radius 2 is 0.576 bits per heavy atom. The molecule has 0 fully saturated rings. The third-order valence-electron chi connectivity index (χ3n) is 7.12. The number of unbranched alkanes of at least 4 members (excludes halogenated alkanes) is 22. The lowest BCUT2D eigenvalue weighted by Gasteiger charge is -2.24. The first kappa shape index (κ1) is 33.1. The van der Waals surface area contributed by atoms with Crippen molar-refractivity contribution in [2.75, 3.05) is 27.9 Å². The molecule has 0 aliphatic carbocycles. The Kier molecular flexibility index (Phi) is 26.7. The molecule has 0 saturated heterocycles. The molecular weight excluding hydrogens is 426 g/mol. The van der Waals surface area contributed by atoms with Crippen LogP contribution < -0.4 is 5.73 Å². The van der Waals surface area contributed by atoms with Crippen molar-refractivity contribution in [2.24, 2.45) is 5.73 Å². The maximum absolute atomic E-state index is 5.53. The van der Waals surface area contributed by atoms with Crippen LogP contribution in [0, 0.1) is 0 Å². The maximum atomic E-state index is 5.53. The van der Waals surface area contributed by atoms with Crippen LogP contribution in [-0.4, -0.2) is 36.7 Å². The molecule has 0 aromatic rings. The third kappa shape index (κ3) is 22.3. The lowest BCUT2D eigenvalue weighted by atomic mass is 10.0. The summed E-state index contributed by atoms with van der Waals surface area (Å²) in [6.45, 7) is 0.866. The summed E-state index contributed by atoms with van der Waals surface area (Å²) in [5, 5.41) is 0. The van der Waals surface area contributed by atoms with Crippen molar-refractivity contribution < 1.29 is 13.3 Å². The first-order valence-corrected chi connectivity index (χ1v) is 16.5. The van der Waals surface area contributed by atoms with Crippen LogP contribution in [0.2, 0.25) is 6.04 Å². The van der Waals surface area contributed by atoms with Gasteiger partial charge in [-0.05, 0) is 19.4 Å². The molecule has 0 aliphatic rings. The minimum Gasteiger partial charge on any atom is -0.377 e. The zero-order valence-electron chi connectivity index (χ0n) is 23.0. The molecule has 5 heteroatoms. The molecule has 0 radical (unpaired) electrons. The topological polar surface area (TPSA) is 53.7 Å². The zero-order valence-corrected chi connectivity index (χ0v) is 24.0. The van der Waals surface area contributed by atoms with E-state index in [2.05, 4.69) is 0 Å². The van der Waals surface area contributed by atoms with E-state index in [1.807, 2.05) is 0 Å². The average molecular weight is 488 g/mol. The second-order valence-corrected chi connectivity index (χ2v) is 13.1. The van der Waals surface area contributed by atoms with E-state index in [0.29, 0.717) is 0 Å². The van der Waals surface area contributed by atoms with Gasteiger partial charge in [0.05, 0.1) is 0 Å². The van der Waals surface area contributed by atoms with Gasteiger partial charge in [-0.3, -0.25) is 0 Å². The molecule has 0 atom stereocenters. The Balaban J connectivity index is 3.15. The molecule has 0 spiro atoms. The molecule has 200 valence electrons. The molecule has 0 bridgehead atoms. The van der Waals surface area contributed by atoms with Crippen LogP contribution in [0.4, 0.5) is 0 Å². The molecule has 33 heavy (non-hydrogen) atoms. The summed E-state index contributed by atoms with van der Waals surface area (Å²) >= 11 is 0. The largest absolute Gasteiger partial charge is 0.500 e. The molecular formula is C28H61NO3Si. The summed E-state index contributed by atoms with van der Waals surface area (Å²) < 4.78 is 16.4. The van der Waals surface area contributed by atoms with Gasteiger partial charge in [-0.1, -0.05) is 135 Å². The van der Waals surface area contributed by atoms with Gasteiger partial charge in [0.15, 0.2) is 0 Å². The van der Waals surface area contributed by atoms with E-state index >= 15 is 0 Å². The quantitative estimate of drug-likeness (QED) is 0.0884. The van der Waals surface area contributed by atoms with Gasteiger partial charge in [0.1, 0.15) is 0 Å². The molecule has 0 aliphatic heterocycles. The summed E-state index contributed by atoms with van der Waals surface area (Å²) in [6, 6.07) is 0.937. The third-order valence-corrected chi connectivity index (χ3v) is 9.95. The van der Waals surface area contributed by atoms with Crippen LogP contribution in [0.25, 0.3) is 0 Å². The van der Waals surface area contributed by atoms with Crippen molar-refractivity contribution in [3.05, 3.63) is 0 Å². The lowest BCUT2D eigenvalue weighted by Crippen LogP contribution is -2.42. The smallest absolute Gasteiger partial charge is 0.377 e. The van der Waals surface area contributed by atoms with Gasteiger partial charge in [0.25, 0.3) is 0 Å². The van der Waals surface area contributed by atoms with Gasteiger partial charge in [0, 0.05) is 27.4 Å². The van der Waals surface area contributed by atoms with Gasteiger partial charge in [-0.2, -0.15) is 0 Å². The molecule has 0 rings (SSSR count). The van der Waals surface area contributed by atoms with E-state index in [-0.39, 0.29) is 0 Å². The highest BCUT2D eigenvalue weighted by Gasteiger charge is 2.36. The van der Waals surface area contributed by atoms with Crippen molar-refractivity contribution >= 4 is 8.80 Å². The monoisotopic (exact) mass is 487 g/mol. The molecule has 0 aromatic carbocycles. The van der Waals surface area contributed by atoms with E-state index in [1.54, 1.807) is 21.3 Å². The zero-order chi connectivity index (χ0) is 24.3. The van der Waals surface area contributed by atoms with E-state index in [4.69, 9.17) is 19.0 Å². The highest BCUT2D eigenvalue weighted by Crippen LogP contribution is 2.19. The Morgan fingerprint density at radius 1 is 0.364 bits per heavy atom. The van der Waals surface area contributed by atoms with Gasteiger partial charge >= 0.3 is 8.80 Å². The van der Waals surface area contributed by atoms with Gasteiger partial charge in [-0.15, -0.1) is 0 Å². The Hall–Kier alpha value is 0.0569. The highest BCUT2D eigenvalue weighted by atomic mass is 28.4. The van der Waals surface area contributed by atoms with Crippen LogP contribution >= 0.6 is 0 Å². The molecule has 2 N–H and O–H groups in total. The van der Waals surface area contributed by atoms with Crippen molar-refractivity contribution in [1.82, 2.24) is 0 Å². The predicted octanol–water partition coefficient (Wildman–Crippen LogP) is 8.80. The molecule has 0 saturated carbocycles. The maximum Gasteiger partial charge on any atom is 0.500 e. The molecule has 4 nitrogen and oxygen atoms in total. The van der Waals surface area contributed by atoms with Crippen LogP contribution in [0.15, 0.2) is 0 Å². The Bertz CT molecular complexity index is 359. The molecule has 0 aromatic heterocycles. The van der Waals surface area contributed by atoms with Crippen molar-refractivity contribution in [2.45, 2.75) is 154 Å². The SMILES string of the molecule is CO[Si](CCCCCCCCCCCCCCCCCCCCCCCCCN)(OC)OC. The fraction of sp³-hybridized carbons (Fsp3) is 1.00. The van der Waals surface area contributed by atoms with Gasteiger partial charge < -0.3 is 19.0 Å². The number of hydrogen-bond donors (Lipinski definition) is 1.